The highest BCUT2D eigenvalue weighted by atomic mass is 19.2. The number of unbranched alkanes of at least 4 members (excludes halogenated alkanes) is 2. The highest BCUT2D eigenvalue weighted by Crippen LogP contribution is 2.35. The average Bonchev–Trinajstić information content (AvgIpc) is 2.90. The molecule has 0 saturated carbocycles. The van der Waals surface area contributed by atoms with Crippen molar-refractivity contribution < 1.29 is 17.9 Å². The lowest BCUT2D eigenvalue weighted by Gasteiger charge is -2.29. The van der Waals surface area contributed by atoms with Crippen LogP contribution in [0.1, 0.15) is 69.1 Å². The average molecular weight is 493 g/mol. The van der Waals surface area contributed by atoms with Gasteiger partial charge in [-0.3, -0.25) is 0 Å². The molecule has 4 rings (SSSR count). The summed E-state index contributed by atoms with van der Waals surface area (Å²) in [4.78, 5) is 0. The molecule has 1 nitrogen and oxygen atoms in total. The van der Waals surface area contributed by atoms with Gasteiger partial charge in [0.15, 0.2) is 11.6 Å². The summed E-state index contributed by atoms with van der Waals surface area (Å²) in [7, 11) is 0. The summed E-state index contributed by atoms with van der Waals surface area (Å²) in [5.74, 6) is -1.38. The molecule has 0 aromatic heterocycles. The quantitative estimate of drug-likeness (QED) is 0.202. The van der Waals surface area contributed by atoms with E-state index in [2.05, 4.69) is 13.5 Å². The van der Waals surface area contributed by atoms with Gasteiger partial charge in [0.05, 0.1) is 12.7 Å². The highest BCUT2D eigenvalue weighted by Gasteiger charge is 2.23. The topological polar surface area (TPSA) is 9.23 Å². The SMILES string of the molecule is C=CCCc1ccc(-c2ccc(-c3ccc(C4CCC(CCCCC)CO4)cc3F)cc2)c(F)c1F. The van der Waals surface area contributed by atoms with Gasteiger partial charge in [0, 0.05) is 11.1 Å². The van der Waals surface area contributed by atoms with E-state index in [0.29, 0.717) is 41.0 Å². The number of hydrogen-bond donors (Lipinski definition) is 0. The zero-order valence-electron chi connectivity index (χ0n) is 21.0. The summed E-state index contributed by atoms with van der Waals surface area (Å²) in [5.41, 5.74) is 3.11. The number of aryl methyl sites for hydroxylation is 1. The van der Waals surface area contributed by atoms with E-state index in [9.17, 15) is 8.78 Å². The first-order chi connectivity index (χ1) is 17.5. The molecule has 0 spiro atoms. The molecule has 3 aromatic carbocycles. The molecule has 2 atom stereocenters. The van der Waals surface area contributed by atoms with Gasteiger partial charge in [0.2, 0.25) is 0 Å². The predicted octanol–water partition coefficient (Wildman–Crippen LogP) is 9.60. The van der Waals surface area contributed by atoms with Crippen LogP contribution in [0.2, 0.25) is 0 Å². The number of allylic oxidation sites excluding steroid dienone is 1. The smallest absolute Gasteiger partial charge is 0.166 e. The van der Waals surface area contributed by atoms with Gasteiger partial charge in [0.1, 0.15) is 5.82 Å². The molecule has 1 aliphatic heterocycles. The van der Waals surface area contributed by atoms with Crippen LogP contribution in [0.3, 0.4) is 0 Å². The Hall–Kier alpha value is -2.85. The third-order valence-corrected chi connectivity index (χ3v) is 7.24. The minimum Gasteiger partial charge on any atom is -0.373 e. The summed E-state index contributed by atoms with van der Waals surface area (Å²) in [6.07, 6.45) is 9.59. The maximum absolute atomic E-state index is 15.1. The second-order valence-electron chi connectivity index (χ2n) is 9.81. The van der Waals surface area contributed by atoms with Gasteiger partial charge in [-0.05, 0) is 66.3 Å². The van der Waals surface area contributed by atoms with E-state index in [1.165, 1.54) is 25.7 Å². The lowest BCUT2D eigenvalue weighted by atomic mass is 9.90. The predicted molar refractivity (Wildman–Crippen MR) is 141 cm³/mol. The number of halogens is 3. The Labute approximate surface area is 213 Å². The van der Waals surface area contributed by atoms with Crippen molar-refractivity contribution in [3.05, 3.63) is 95.8 Å². The Bertz CT molecular complexity index is 1160. The van der Waals surface area contributed by atoms with Crippen LogP contribution in [0.4, 0.5) is 13.2 Å². The molecule has 0 radical (unpaired) electrons. The van der Waals surface area contributed by atoms with Crippen molar-refractivity contribution in [3.63, 3.8) is 0 Å². The lowest BCUT2D eigenvalue weighted by molar-refractivity contribution is -0.0200. The van der Waals surface area contributed by atoms with Crippen molar-refractivity contribution in [2.24, 2.45) is 5.92 Å². The van der Waals surface area contributed by atoms with Crippen LogP contribution < -0.4 is 0 Å². The Morgan fingerprint density at radius 3 is 2.25 bits per heavy atom. The number of benzene rings is 3. The summed E-state index contributed by atoms with van der Waals surface area (Å²) in [5, 5.41) is 0. The Morgan fingerprint density at radius 2 is 1.61 bits per heavy atom. The molecule has 36 heavy (non-hydrogen) atoms. The molecule has 1 aliphatic rings. The fourth-order valence-electron chi connectivity index (χ4n) is 5.04. The minimum absolute atomic E-state index is 0.0642. The van der Waals surface area contributed by atoms with E-state index in [1.807, 2.05) is 6.07 Å². The molecule has 1 heterocycles. The molecule has 190 valence electrons. The third-order valence-electron chi connectivity index (χ3n) is 7.24. The fourth-order valence-corrected chi connectivity index (χ4v) is 5.04. The highest BCUT2D eigenvalue weighted by molar-refractivity contribution is 5.71. The second kappa shape index (κ2) is 12.4. The minimum atomic E-state index is -0.861. The molecular formula is C32H35F3O. The Kier molecular flexibility index (Phi) is 9.03. The van der Waals surface area contributed by atoms with Crippen molar-refractivity contribution in [2.45, 2.75) is 64.4 Å². The Morgan fingerprint density at radius 1 is 0.889 bits per heavy atom. The molecule has 1 saturated heterocycles. The monoisotopic (exact) mass is 492 g/mol. The maximum Gasteiger partial charge on any atom is 0.166 e. The van der Waals surface area contributed by atoms with Crippen LogP contribution in [0, 0.1) is 23.4 Å². The zero-order valence-corrected chi connectivity index (χ0v) is 21.0. The van der Waals surface area contributed by atoms with E-state index >= 15 is 4.39 Å². The van der Waals surface area contributed by atoms with Crippen molar-refractivity contribution in [2.75, 3.05) is 6.61 Å². The molecule has 4 heteroatoms. The largest absolute Gasteiger partial charge is 0.373 e. The van der Waals surface area contributed by atoms with Crippen molar-refractivity contribution in [1.82, 2.24) is 0 Å². The van der Waals surface area contributed by atoms with Gasteiger partial charge >= 0.3 is 0 Å². The first kappa shape index (κ1) is 26.2. The van der Waals surface area contributed by atoms with E-state index < -0.39 is 11.6 Å². The molecule has 2 unspecified atom stereocenters. The normalized spacial score (nSPS) is 17.8. The van der Waals surface area contributed by atoms with E-state index in [1.54, 1.807) is 54.6 Å². The van der Waals surface area contributed by atoms with Gasteiger partial charge in [-0.25, -0.2) is 13.2 Å². The summed E-state index contributed by atoms with van der Waals surface area (Å²) in [6, 6.07) is 15.4. The standard InChI is InChI=1S/C32H35F3O/c1-3-5-7-8-22-10-19-30(36-21-22)26-16-17-27(29(33)20-26)23-11-13-24(14-12-23)28-18-15-25(9-6-4-2)31(34)32(28)35/h4,11-18,20,22,30H,2-3,5-10,19,21H2,1H3. The molecule has 3 aromatic rings. The van der Waals surface area contributed by atoms with E-state index in [-0.39, 0.29) is 17.5 Å². The third kappa shape index (κ3) is 6.10. The molecule has 0 aliphatic carbocycles. The molecule has 0 N–H and O–H groups in total. The number of rotatable bonds is 10. The van der Waals surface area contributed by atoms with E-state index in [4.69, 9.17) is 4.74 Å². The van der Waals surface area contributed by atoms with Gasteiger partial charge in [0.25, 0.3) is 0 Å². The second-order valence-corrected chi connectivity index (χ2v) is 9.81. The van der Waals surface area contributed by atoms with E-state index in [0.717, 1.165) is 25.0 Å². The summed E-state index contributed by atoms with van der Waals surface area (Å²) in [6.45, 7) is 6.58. The van der Waals surface area contributed by atoms with Gasteiger partial charge in [-0.1, -0.05) is 80.8 Å². The fraction of sp³-hybridized carbons (Fsp3) is 0.375. The molecule has 0 bridgehead atoms. The van der Waals surface area contributed by atoms with Crippen LogP contribution in [0.5, 0.6) is 0 Å². The van der Waals surface area contributed by atoms with Gasteiger partial charge in [-0.15, -0.1) is 6.58 Å². The van der Waals surface area contributed by atoms with Crippen LogP contribution in [-0.4, -0.2) is 6.61 Å². The van der Waals surface area contributed by atoms with Crippen LogP contribution in [0.15, 0.2) is 67.3 Å². The van der Waals surface area contributed by atoms with Gasteiger partial charge in [-0.2, -0.15) is 0 Å². The Balaban J connectivity index is 1.44. The number of hydrogen-bond acceptors (Lipinski definition) is 1. The van der Waals surface area contributed by atoms with Crippen LogP contribution in [0.25, 0.3) is 22.3 Å². The van der Waals surface area contributed by atoms with Crippen LogP contribution in [-0.2, 0) is 11.2 Å². The molecule has 1 fully saturated rings. The lowest BCUT2D eigenvalue weighted by Crippen LogP contribution is -2.20. The molecular weight excluding hydrogens is 457 g/mol. The van der Waals surface area contributed by atoms with Crippen molar-refractivity contribution in [1.29, 1.82) is 0 Å². The van der Waals surface area contributed by atoms with Crippen molar-refractivity contribution in [3.8, 4) is 22.3 Å². The zero-order chi connectivity index (χ0) is 25.5. The van der Waals surface area contributed by atoms with Crippen LogP contribution >= 0.6 is 0 Å². The summed E-state index contributed by atoms with van der Waals surface area (Å²) >= 11 is 0. The summed E-state index contributed by atoms with van der Waals surface area (Å²) < 4.78 is 50.4. The number of ether oxygens (including phenoxy) is 1. The maximum atomic E-state index is 15.1. The first-order valence-corrected chi connectivity index (χ1v) is 13.1. The van der Waals surface area contributed by atoms with Crippen molar-refractivity contribution >= 4 is 0 Å². The molecule has 0 amide bonds. The van der Waals surface area contributed by atoms with Gasteiger partial charge < -0.3 is 4.74 Å². The first-order valence-electron chi connectivity index (χ1n) is 13.1.